The molecule has 0 saturated heterocycles. The van der Waals surface area contributed by atoms with Crippen LogP contribution in [0.15, 0.2) is 30.3 Å². The van der Waals surface area contributed by atoms with E-state index in [1.807, 2.05) is 0 Å². The Balaban J connectivity index is 2.09. The summed E-state index contributed by atoms with van der Waals surface area (Å²) in [7, 11) is 0. The fraction of sp³-hybridized carbons (Fsp3) is 0.364. The van der Waals surface area contributed by atoms with E-state index in [4.69, 9.17) is 10.9 Å². The first-order valence-electron chi connectivity index (χ1n) is 5.13. The molecule has 17 heavy (non-hydrogen) atoms. The van der Waals surface area contributed by atoms with Gasteiger partial charge in [0.05, 0.1) is 18.4 Å². The minimum Gasteiger partial charge on any atom is -0.350 e. The Morgan fingerprint density at radius 1 is 1.41 bits per heavy atom. The van der Waals surface area contributed by atoms with Crippen LogP contribution in [0.4, 0.5) is 13.6 Å². The SMILES string of the molecule is NC(=O)N(O)CC1C(c2ccccc2)C1(F)F. The maximum absolute atomic E-state index is 13.5. The van der Waals surface area contributed by atoms with Crippen molar-refractivity contribution < 1.29 is 18.8 Å². The van der Waals surface area contributed by atoms with Gasteiger partial charge in [-0.05, 0) is 5.56 Å². The van der Waals surface area contributed by atoms with E-state index in [-0.39, 0.29) is 5.06 Å². The number of urea groups is 1. The maximum atomic E-state index is 13.5. The number of halogens is 2. The zero-order valence-electron chi connectivity index (χ0n) is 8.88. The number of primary amides is 1. The molecule has 0 heterocycles. The number of amides is 2. The van der Waals surface area contributed by atoms with E-state index in [2.05, 4.69) is 0 Å². The van der Waals surface area contributed by atoms with Gasteiger partial charge >= 0.3 is 6.03 Å². The molecule has 2 atom stereocenters. The molecule has 92 valence electrons. The van der Waals surface area contributed by atoms with E-state index in [0.717, 1.165) is 0 Å². The molecule has 4 nitrogen and oxygen atoms in total. The standard InChI is InChI=1S/C11H12F2N2O2/c12-11(13)8(6-15(17)10(14)16)9(11)7-4-2-1-3-5-7/h1-5,8-9,17H,6H2,(H2,14,16). The van der Waals surface area contributed by atoms with Crippen LogP contribution in [0.1, 0.15) is 11.5 Å². The zero-order valence-corrected chi connectivity index (χ0v) is 8.88. The highest BCUT2D eigenvalue weighted by Gasteiger charge is 2.69. The van der Waals surface area contributed by atoms with Crippen LogP contribution in [-0.2, 0) is 0 Å². The Hall–Kier alpha value is -1.69. The molecule has 2 unspecified atom stereocenters. The summed E-state index contributed by atoms with van der Waals surface area (Å²) in [4.78, 5) is 10.6. The number of rotatable bonds is 3. The lowest BCUT2D eigenvalue weighted by molar-refractivity contribution is -0.0518. The Bertz CT molecular complexity index is 425. The van der Waals surface area contributed by atoms with Gasteiger partial charge in [-0.25, -0.2) is 18.6 Å². The van der Waals surface area contributed by atoms with Crippen LogP contribution in [0.3, 0.4) is 0 Å². The largest absolute Gasteiger partial charge is 0.350 e. The number of hydrogen-bond acceptors (Lipinski definition) is 2. The first-order chi connectivity index (χ1) is 7.94. The molecule has 2 amide bonds. The number of hydroxylamine groups is 2. The lowest BCUT2D eigenvalue weighted by atomic mass is 10.1. The van der Waals surface area contributed by atoms with Crippen LogP contribution < -0.4 is 5.73 Å². The summed E-state index contributed by atoms with van der Waals surface area (Å²) in [6.45, 7) is -0.456. The summed E-state index contributed by atoms with van der Waals surface area (Å²) >= 11 is 0. The number of benzene rings is 1. The monoisotopic (exact) mass is 242 g/mol. The third-order valence-electron chi connectivity index (χ3n) is 2.98. The Labute approximate surface area is 96.6 Å². The van der Waals surface area contributed by atoms with Gasteiger partial charge in [-0.1, -0.05) is 30.3 Å². The van der Waals surface area contributed by atoms with E-state index < -0.39 is 30.3 Å². The van der Waals surface area contributed by atoms with Gasteiger partial charge in [-0.2, -0.15) is 0 Å². The Morgan fingerprint density at radius 2 is 2.00 bits per heavy atom. The molecule has 1 aliphatic rings. The van der Waals surface area contributed by atoms with Gasteiger partial charge in [0.25, 0.3) is 5.92 Å². The lowest BCUT2D eigenvalue weighted by Gasteiger charge is -2.10. The molecule has 3 N–H and O–H groups in total. The molecule has 0 aromatic heterocycles. The van der Waals surface area contributed by atoms with E-state index in [0.29, 0.717) is 5.56 Å². The van der Waals surface area contributed by atoms with E-state index in [1.54, 1.807) is 30.3 Å². The molecular formula is C11H12F2N2O2. The Morgan fingerprint density at radius 3 is 2.53 bits per heavy atom. The lowest BCUT2D eigenvalue weighted by Crippen LogP contribution is -2.35. The van der Waals surface area contributed by atoms with Crippen molar-refractivity contribution >= 4 is 6.03 Å². The number of nitrogens with two attached hydrogens (primary N) is 1. The summed E-state index contributed by atoms with van der Waals surface area (Å²) in [6, 6.07) is 7.16. The molecule has 2 rings (SSSR count). The molecular weight excluding hydrogens is 230 g/mol. The summed E-state index contributed by atoms with van der Waals surface area (Å²) in [6.07, 6.45) is 0. The number of carbonyl (C=O) groups is 1. The van der Waals surface area contributed by atoms with Crippen molar-refractivity contribution in [3.05, 3.63) is 35.9 Å². The number of carbonyl (C=O) groups excluding carboxylic acids is 1. The van der Waals surface area contributed by atoms with Gasteiger partial charge in [-0.15, -0.1) is 0 Å². The fourth-order valence-corrected chi connectivity index (χ4v) is 2.01. The van der Waals surface area contributed by atoms with E-state index in [9.17, 15) is 13.6 Å². The minimum absolute atomic E-state index is 0.127. The Kier molecular flexibility index (Phi) is 2.74. The highest BCUT2D eigenvalue weighted by Crippen LogP contribution is 2.61. The third-order valence-corrected chi connectivity index (χ3v) is 2.98. The summed E-state index contributed by atoms with van der Waals surface area (Å²) in [5.74, 6) is -4.95. The second kappa shape index (κ2) is 3.96. The average molecular weight is 242 g/mol. The van der Waals surface area contributed by atoms with Crippen molar-refractivity contribution in [2.75, 3.05) is 6.54 Å². The predicted octanol–water partition coefficient (Wildman–Crippen LogP) is 1.81. The molecule has 0 bridgehead atoms. The van der Waals surface area contributed by atoms with Crippen molar-refractivity contribution in [1.82, 2.24) is 5.06 Å². The zero-order chi connectivity index (χ0) is 12.6. The molecule has 1 saturated carbocycles. The molecule has 1 aromatic carbocycles. The number of alkyl halides is 2. The van der Waals surface area contributed by atoms with Gasteiger partial charge in [0.2, 0.25) is 0 Å². The second-order valence-corrected chi connectivity index (χ2v) is 4.09. The van der Waals surface area contributed by atoms with Crippen molar-refractivity contribution in [3.63, 3.8) is 0 Å². The predicted molar refractivity (Wildman–Crippen MR) is 55.7 cm³/mol. The fourth-order valence-electron chi connectivity index (χ4n) is 2.01. The molecule has 1 aromatic rings. The van der Waals surface area contributed by atoms with Gasteiger partial charge in [0.1, 0.15) is 0 Å². The highest BCUT2D eigenvalue weighted by atomic mass is 19.3. The molecule has 0 aliphatic heterocycles. The van der Waals surface area contributed by atoms with Crippen molar-refractivity contribution in [2.45, 2.75) is 11.8 Å². The van der Waals surface area contributed by atoms with Gasteiger partial charge in [0.15, 0.2) is 0 Å². The summed E-state index contributed by atoms with van der Waals surface area (Å²) in [5.41, 5.74) is 5.28. The average Bonchev–Trinajstić information content (AvgIpc) is 2.81. The topological polar surface area (TPSA) is 66.6 Å². The molecule has 0 radical (unpaired) electrons. The molecule has 1 fully saturated rings. The van der Waals surface area contributed by atoms with Gasteiger partial charge < -0.3 is 5.73 Å². The van der Waals surface area contributed by atoms with Crippen LogP contribution in [0, 0.1) is 5.92 Å². The smallest absolute Gasteiger partial charge is 0.338 e. The first-order valence-corrected chi connectivity index (χ1v) is 5.13. The summed E-state index contributed by atoms with van der Waals surface area (Å²) < 4.78 is 27.0. The quantitative estimate of drug-likeness (QED) is 0.627. The van der Waals surface area contributed by atoms with Crippen LogP contribution in [-0.4, -0.2) is 28.8 Å². The van der Waals surface area contributed by atoms with Crippen LogP contribution in [0.2, 0.25) is 0 Å². The second-order valence-electron chi connectivity index (χ2n) is 4.09. The van der Waals surface area contributed by atoms with Crippen molar-refractivity contribution in [2.24, 2.45) is 11.7 Å². The molecule has 1 aliphatic carbocycles. The maximum Gasteiger partial charge on any atom is 0.338 e. The van der Waals surface area contributed by atoms with Gasteiger partial charge in [0, 0.05) is 0 Å². The van der Waals surface area contributed by atoms with E-state index in [1.165, 1.54) is 0 Å². The number of nitrogens with zero attached hydrogens (tertiary/aromatic N) is 1. The first kappa shape index (κ1) is 11.8. The van der Waals surface area contributed by atoms with Crippen LogP contribution in [0.5, 0.6) is 0 Å². The van der Waals surface area contributed by atoms with Crippen LogP contribution in [0.25, 0.3) is 0 Å². The van der Waals surface area contributed by atoms with Crippen molar-refractivity contribution in [3.8, 4) is 0 Å². The third kappa shape index (κ3) is 2.08. The molecule has 6 heteroatoms. The summed E-state index contributed by atoms with van der Waals surface area (Å²) in [5, 5.41) is 9.19. The minimum atomic E-state index is -2.90. The van der Waals surface area contributed by atoms with E-state index >= 15 is 0 Å². The normalized spacial score (nSPS) is 25.4. The highest BCUT2D eigenvalue weighted by molar-refractivity contribution is 5.70. The van der Waals surface area contributed by atoms with Crippen molar-refractivity contribution in [1.29, 1.82) is 0 Å². The number of hydrogen-bond donors (Lipinski definition) is 2. The van der Waals surface area contributed by atoms with Crippen LogP contribution >= 0.6 is 0 Å². The van der Waals surface area contributed by atoms with Gasteiger partial charge in [-0.3, -0.25) is 5.21 Å². The molecule has 0 spiro atoms.